The highest BCUT2D eigenvalue weighted by Gasteiger charge is 2.35. The van der Waals surface area contributed by atoms with Crippen molar-refractivity contribution in [2.75, 3.05) is 38.3 Å². The number of amides is 1. The summed E-state index contributed by atoms with van der Waals surface area (Å²) in [5.41, 5.74) is 1.14. The molecule has 7 heteroatoms. The first kappa shape index (κ1) is 20.5. The van der Waals surface area contributed by atoms with E-state index in [0.717, 1.165) is 50.0 Å². The second-order valence-corrected chi connectivity index (χ2v) is 7.52. The lowest BCUT2D eigenvalue weighted by molar-refractivity contribution is -0.112. The van der Waals surface area contributed by atoms with E-state index in [9.17, 15) is 13.6 Å². The lowest BCUT2D eigenvalue weighted by Gasteiger charge is -2.32. The zero-order chi connectivity index (χ0) is 21.3. The molecule has 0 unspecified atom stereocenters. The second kappa shape index (κ2) is 8.53. The number of carbonyl (C=O) groups is 1. The summed E-state index contributed by atoms with van der Waals surface area (Å²) in [4.78, 5) is 16.2. The molecule has 0 N–H and O–H groups in total. The van der Waals surface area contributed by atoms with Crippen LogP contribution in [0.25, 0.3) is 5.57 Å². The van der Waals surface area contributed by atoms with Crippen molar-refractivity contribution in [2.24, 2.45) is 0 Å². The largest absolute Gasteiger partial charge is 0.490 e. The Morgan fingerprint density at radius 1 is 1.13 bits per heavy atom. The Hall–Kier alpha value is -2.77. The zero-order valence-electron chi connectivity index (χ0n) is 16.9. The molecule has 158 valence electrons. The van der Waals surface area contributed by atoms with E-state index < -0.39 is 17.5 Å². The smallest absolute Gasteiger partial charge is 0.263 e. The molecular weight excluding hydrogens is 390 g/mol. The highest BCUT2D eigenvalue weighted by molar-refractivity contribution is 6.34. The number of methoxy groups -OCH3 is 1. The van der Waals surface area contributed by atoms with Gasteiger partial charge in [0.2, 0.25) is 0 Å². The molecule has 0 atom stereocenters. The minimum Gasteiger partial charge on any atom is -0.490 e. The maximum atomic E-state index is 14.3. The van der Waals surface area contributed by atoms with Gasteiger partial charge < -0.3 is 14.4 Å². The maximum Gasteiger partial charge on any atom is 0.263 e. The number of ether oxygens (including phenoxy) is 2. The van der Waals surface area contributed by atoms with Crippen molar-refractivity contribution in [2.45, 2.75) is 18.9 Å². The molecule has 0 aliphatic carbocycles. The van der Waals surface area contributed by atoms with Gasteiger partial charge in [0.1, 0.15) is 11.9 Å². The van der Waals surface area contributed by atoms with Crippen LogP contribution in [-0.2, 0) is 9.53 Å². The molecule has 2 aromatic rings. The van der Waals surface area contributed by atoms with Gasteiger partial charge in [0.05, 0.1) is 18.0 Å². The lowest BCUT2D eigenvalue weighted by Crippen LogP contribution is -2.39. The SMILES string of the molecule is C=C1C(=O)N(c2cccc(F)c2F)c2ccc(OC3CCN(CCOC)CC3)cc21. The van der Waals surface area contributed by atoms with Gasteiger partial charge in [0.15, 0.2) is 11.6 Å². The first-order chi connectivity index (χ1) is 14.5. The predicted molar refractivity (Wildman–Crippen MR) is 111 cm³/mol. The molecule has 2 aromatic carbocycles. The number of hydrogen-bond acceptors (Lipinski definition) is 4. The molecule has 0 spiro atoms. The van der Waals surface area contributed by atoms with Crippen molar-refractivity contribution in [1.29, 1.82) is 0 Å². The Morgan fingerprint density at radius 2 is 1.90 bits per heavy atom. The molecule has 0 radical (unpaired) electrons. The van der Waals surface area contributed by atoms with Gasteiger partial charge in [-0.05, 0) is 43.2 Å². The molecule has 2 heterocycles. The van der Waals surface area contributed by atoms with Crippen LogP contribution in [0.2, 0.25) is 0 Å². The van der Waals surface area contributed by atoms with Crippen LogP contribution in [0.5, 0.6) is 5.75 Å². The summed E-state index contributed by atoms with van der Waals surface area (Å²) in [6, 6.07) is 8.97. The summed E-state index contributed by atoms with van der Waals surface area (Å²) in [6.45, 7) is 7.36. The van der Waals surface area contributed by atoms with E-state index in [-0.39, 0.29) is 17.4 Å². The number of fused-ring (bicyclic) bond motifs is 1. The third-order valence-corrected chi connectivity index (χ3v) is 5.62. The van der Waals surface area contributed by atoms with Gasteiger partial charge in [0.25, 0.3) is 5.91 Å². The van der Waals surface area contributed by atoms with Crippen molar-refractivity contribution in [1.82, 2.24) is 4.90 Å². The number of hydrogen-bond donors (Lipinski definition) is 0. The third-order valence-electron chi connectivity index (χ3n) is 5.62. The van der Waals surface area contributed by atoms with Gasteiger partial charge in [-0.1, -0.05) is 12.6 Å². The van der Waals surface area contributed by atoms with Gasteiger partial charge in [-0.15, -0.1) is 0 Å². The van der Waals surface area contributed by atoms with Gasteiger partial charge in [-0.3, -0.25) is 9.69 Å². The average molecular weight is 414 g/mol. The van der Waals surface area contributed by atoms with Crippen molar-refractivity contribution < 1.29 is 23.0 Å². The van der Waals surface area contributed by atoms with Crippen LogP contribution >= 0.6 is 0 Å². The maximum absolute atomic E-state index is 14.3. The monoisotopic (exact) mass is 414 g/mol. The lowest BCUT2D eigenvalue weighted by atomic mass is 10.1. The Bertz CT molecular complexity index is 971. The summed E-state index contributed by atoms with van der Waals surface area (Å²) in [5, 5.41) is 0. The van der Waals surface area contributed by atoms with Crippen molar-refractivity contribution in [3.8, 4) is 5.75 Å². The van der Waals surface area contributed by atoms with Gasteiger partial charge >= 0.3 is 0 Å². The van der Waals surface area contributed by atoms with Crippen molar-refractivity contribution >= 4 is 22.9 Å². The highest BCUT2D eigenvalue weighted by Crippen LogP contribution is 2.43. The van der Waals surface area contributed by atoms with Crippen LogP contribution in [0.3, 0.4) is 0 Å². The normalized spacial score (nSPS) is 17.5. The fraction of sp³-hybridized carbons (Fsp3) is 0.348. The number of halogens is 2. The first-order valence-corrected chi connectivity index (χ1v) is 9.99. The Labute approximate surface area is 174 Å². The van der Waals surface area contributed by atoms with E-state index in [1.807, 2.05) is 0 Å². The van der Waals surface area contributed by atoms with Gasteiger partial charge in [0, 0.05) is 37.9 Å². The standard InChI is InChI=1S/C23H24F2N2O3/c1-15-18-14-17(30-16-8-10-26(11-9-16)12-13-29-2)6-7-20(18)27(23(15)28)21-5-3-4-19(24)22(21)25/h3-7,14,16H,1,8-13H2,2H3. The summed E-state index contributed by atoms with van der Waals surface area (Å²) in [6.07, 6.45) is 1.90. The molecule has 5 nitrogen and oxygen atoms in total. The molecule has 0 bridgehead atoms. The summed E-state index contributed by atoms with van der Waals surface area (Å²) in [5.74, 6) is -1.90. The molecule has 30 heavy (non-hydrogen) atoms. The third kappa shape index (κ3) is 3.82. The fourth-order valence-electron chi connectivity index (χ4n) is 3.95. The van der Waals surface area contributed by atoms with E-state index in [2.05, 4.69) is 11.5 Å². The van der Waals surface area contributed by atoms with Crippen LogP contribution < -0.4 is 9.64 Å². The average Bonchev–Trinajstić information content (AvgIpc) is 3.00. The van der Waals surface area contributed by atoms with Crippen LogP contribution in [0, 0.1) is 11.6 Å². The van der Waals surface area contributed by atoms with Crippen LogP contribution in [0.1, 0.15) is 18.4 Å². The quantitative estimate of drug-likeness (QED) is 0.666. The van der Waals surface area contributed by atoms with E-state index in [0.29, 0.717) is 17.0 Å². The minimum atomic E-state index is -1.06. The number of likely N-dealkylation sites (tertiary alicyclic amines) is 1. The first-order valence-electron chi connectivity index (χ1n) is 9.99. The molecule has 1 amide bonds. The molecule has 2 aliphatic heterocycles. The summed E-state index contributed by atoms with van der Waals surface area (Å²) in [7, 11) is 1.70. The van der Waals surface area contributed by atoms with Crippen LogP contribution in [-0.4, -0.2) is 50.3 Å². The fourth-order valence-corrected chi connectivity index (χ4v) is 3.95. The molecule has 0 saturated carbocycles. The zero-order valence-corrected chi connectivity index (χ0v) is 16.9. The van der Waals surface area contributed by atoms with E-state index >= 15 is 0 Å². The number of rotatable bonds is 6. The molecule has 1 saturated heterocycles. The van der Waals surface area contributed by atoms with E-state index in [1.165, 1.54) is 12.1 Å². The Kier molecular flexibility index (Phi) is 5.83. The molecule has 0 aromatic heterocycles. The molecule has 4 rings (SSSR count). The summed E-state index contributed by atoms with van der Waals surface area (Å²) < 4.78 is 39.3. The minimum absolute atomic E-state index is 0.0870. The van der Waals surface area contributed by atoms with Gasteiger partial charge in [-0.2, -0.15) is 0 Å². The summed E-state index contributed by atoms with van der Waals surface area (Å²) >= 11 is 0. The topological polar surface area (TPSA) is 42.0 Å². The molecule has 1 fully saturated rings. The predicted octanol–water partition coefficient (Wildman–Crippen LogP) is 4.15. The van der Waals surface area contributed by atoms with E-state index in [1.54, 1.807) is 25.3 Å². The second-order valence-electron chi connectivity index (χ2n) is 7.52. The molecular formula is C23H24F2N2O3. The number of benzene rings is 2. The highest BCUT2D eigenvalue weighted by atomic mass is 19.2. The van der Waals surface area contributed by atoms with Gasteiger partial charge in [-0.25, -0.2) is 8.78 Å². The van der Waals surface area contributed by atoms with E-state index in [4.69, 9.17) is 9.47 Å². The number of piperidine rings is 1. The molecule has 2 aliphatic rings. The Morgan fingerprint density at radius 3 is 2.63 bits per heavy atom. The van der Waals surface area contributed by atoms with Crippen molar-refractivity contribution in [3.63, 3.8) is 0 Å². The Balaban J connectivity index is 1.51. The van der Waals surface area contributed by atoms with Crippen LogP contribution in [0.4, 0.5) is 20.2 Å². The van der Waals surface area contributed by atoms with Crippen molar-refractivity contribution in [3.05, 3.63) is 60.2 Å². The number of nitrogens with zero attached hydrogens (tertiary/aromatic N) is 2. The number of anilines is 2. The number of carbonyl (C=O) groups excluding carboxylic acids is 1. The van der Waals surface area contributed by atoms with Crippen LogP contribution in [0.15, 0.2) is 43.0 Å².